The summed E-state index contributed by atoms with van der Waals surface area (Å²) in [5.41, 5.74) is 1.03. The normalized spacial score (nSPS) is 15.6. The van der Waals surface area contributed by atoms with Gasteiger partial charge in [0.2, 0.25) is 0 Å². The Balaban J connectivity index is 1.46. The van der Waals surface area contributed by atoms with Crippen molar-refractivity contribution in [1.82, 2.24) is 15.3 Å². The maximum Gasteiger partial charge on any atom is 0.275 e. The minimum atomic E-state index is -0.180. The average Bonchev–Trinajstić information content (AvgIpc) is 3.12. The number of nitrogens with zero attached hydrogens (tertiary/aromatic N) is 3. The number of hydrogen-bond donors (Lipinski definition) is 2. The van der Waals surface area contributed by atoms with E-state index in [1.54, 1.807) is 17.7 Å². The van der Waals surface area contributed by atoms with Crippen molar-refractivity contribution in [3.05, 3.63) is 42.7 Å². The number of aromatic nitrogens is 2. The lowest BCUT2D eigenvalue weighted by Gasteiger charge is -2.33. The van der Waals surface area contributed by atoms with Crippen LogP contribution in [0.3, 0.4) is 0 Å². The molecule has 0 spiro atoms. The van der Waals surface area contributed by atoms with Crippen LogP contribution in [0.2, 0.25) is 0 Å². The van der Waals surface area contributed by atoms with Crippen LogP contribution in [-0.4, -0.2) is 54.1 Å². The van der Waals surface area contributed by atoms with Gasteiger partial charge in [-0.15, -0.1) is 11.3 Å². The number of carbonyl (C=O) groups excluding carboxylic acids is 1. The summed E-state index contributed by atoms with van der Waals surface area (Å²) in [6.07, 6.45) is 1.67. The van der Waals surface area contributed by atoms with E-state index >= 15 is 0 Å². The Labute approximate surface area is 175 Å². The van der Waals surface area contributed by atoms with E-state index in [-0.39, 0.29) is 11.4 Å². The van der Waals surface area contributed by atoms with Crippen LogP contribution in [0.15, 0.2) is 42.7 Å². The van der Waals surface area contributed by atoms with E-state index in [1.165, 1.54) is 15.3 Å². The number of thiophene rings is 1. The highest BCUT2D eigenvalue weighted by Crippen LogP contribution is 2.35. The summed E-state index contributed by atoms with van der Waals surface area (Å²) in [6, 6.07) is 12.6. The number of carbonyl (C=O) groups is 1. The van der Waals surface area contributed by atoms with Gasteiger partial charge in [-0.25, -0.2) is 9.97 Å². The van der Waals surface area contributed by atoms with Crippen LogP contribution in [0, 0.1) is 0 Å². The number of nitrogens with one attached hydrogen (secondary N) is 2. The molecule has 152 valence electrons. The van der Waals surface area contributed by atoms with E-state index in [0.717, 1.165) is 42.2 Å². The van der Waals surface area contributed by atoms with Gasteiger partial charge in [0.05, 0.1) is 31.6 Å². The summed E-state index contributed by atoms with van der Waals surface area (Å²) in [5.74, 6) is 1.13. The predicted octanol–water partition coefficient (Wildman–Crippen LogP) is 1.98. The van der Waals surface area contributed by atoms with E-state index in [1.807, 2.05) is 26.8 Å². The molecule has 6 nitrogen and oxygen atoms in total. The van der Waals surface area contributed by atoms with Crippen molar-refractivity contribution in [3.8, 4) is 10.4 Å². The SMILES string of the molecule is CC(C)(C)NC(=O)C[NH+]1CCN(c2ncnc3sc(-c4ccccc4)cc23)CC1. The van der Waals surface area contributed by atoms with Crippen LogP contribution in [-0.2, 0) is 4.79 Å². The molecule has 4 rings (SSSR count). The molecule has 1 aliphatic rings. The lowest BCUT2D eigenvalue weighted by Crippen LogP contribution is -3.16. The maximum absolute atomic E-state index is 12.2. The van der Waals surface area contributed by atoms with Gasteiger partial charge >= 0.3 is 0 Å². The minimum Gasteiger partial charge on any atom is -0.347 e. The molecular weight excluding hydrogens is 382 g/mol. The predicted molar refractivity (Wildman–Crippen MR) is 119 cm³/mol. The average molecular weight is 411 g/mol. The van der Waals surface area contributed by atoms with Gasteiger partial charge in [-0.05, 0) is 32.4 Å². The second-order valence-electron chi connectivity index (χ2n) is 8.60. The number of quaternary nitrogens is 1. The second-order valence-corrected chi connectivity index (χ2v) is 9.64. The van der Waals surface area contributed by atoms with E-state index in [4.69, 9.17) is 0 Å². The monoisotopic (exact) mass is 410 g/mol. The van der Waals surface area contributed by atoms with Gasteiger partial charge in [0.1, 0.15) is 17.0 Å². The van der Waals surface area contributed by atoms with Crippen molar-refractivity contribution in [2.45, 2.75) is 26.3 Å². The van der Waals surface area contributed by atoms with Crippen LogP contribution in [0.5, 0.6) is 0 Å². The van der Waals surface area contributed by atoms with E-state index in [0.29, 0.717) is 6.54 Å². The van der Waals surface area contributed by atoms with Crippen molar-refractivity contribution in [2.75, 3.05) is 37.6 Å². The summed E-state index contributed by atoms with van der Waals surface area (Å²) >= 11 is 1.71. The van der Waals surface area contributed by atoms with Crippen molar-refractivity contribution < 1.29 is 9.69 Å². The van der Waals surface area contributed by atoms with E-state index in [2.05, 4.69) is 50.5 Å². The zero-order valence-corrected chi connectivity index (χ0v) is 18.1. The highest BCUT2D eigenvalue weighted by molar-refractivity contribution is 7.21. The molecule has 0 atom stereocenters. The van der Waals surface area contributed by atoms with Crippen molar-refractivity contribution in [3.63, 3.8) is 0 Å². The van der Waals surface area contributed by atoms with Gasteiger partial charge in [0, 0.05) is 10.4 Å². The van der Waals surface area contributed by atoms with Crippen LogP contribution >= 0.6 is 11.3 Å². The topological polar surface area (TPSA) is 62.6 Å². The molecule has 0 aliphatic carbocycles. The molecule has 0 saturated carbocycles. The van der Waals surface area contributed by atoms with Crippen LogP contribution in [0.1, 0.15) is 20.8 Å². The Bertz CT molecular complexity index is 987. The number of hydrogen-bond acceptors (Lipinski definition) is 5. The molecule has 29 heavy (non-hydrogen) atoms. The number of rotatable bonds is 4. The first-order valence-corrected chi connectivity index (χ1v) is 10.9. The zero-order chi connectivity index (χ0) is 20.4. The van der Waals surface area contributed by atoms with Gasteiger partial charge in [0.25, 0.3) is 5.91 Å². The smallest absolute Gasteiger partial charge is 0.275 e. The third-order valence-electron chi connectivity index (χ3n) is 5.06. The number of anilines is 1. The maximum atomic E-state index is 12.2. The Kier molecular flexibility index (Phi) is 5.52. The third kappa shape index (κ3) is 4.74. The molecule has 0 bridgehead atoms. The molecule has 2 aromatic heterocycles. The molecule has 0 radical (unpaired) electrons. The van der Waals surface area contributed by atoms with Crippen LogP contribution < -0.4 is 15.1 Å². The molecule has 1 aromatic carbocycles. The first-order valence-electron chi connectivity index (χ1n) is 10.1. The second kappa shape index (κ2) is 8.08. The first-order chi connectivity index (χ1) is 13.9. The van der Waals surface area contributed by atoms with E-state index in [9.17, 15) is 4.79 Å². The molecule has 7 heteroatoms. The van der Waals surface area contributed by atoms with Crippen LogP contribution in [0.4, 0.5) is 5.82 Å². The Morgan fingerprint density at radius 2 is 1.90 bits per heavy atom. The lowest BCUT2D eigenvalue weighted by atomic mass is 10.1. The lowest BCUT2D eigenvalue weighted by molar-refractivity contribution is -0.892. The van der Waals surface area contributed by atoms with Gasteiger partial charge < -0.3 is 15.1 Å². The molecular formula is C22H28N5OS+. The first kappa shape index (κ1) is 19.8. The van der Waals surface area contributed by atoms with Crippen molar-refractivity contribution >= 4 is 33.3 Å². The Morgan fingerprint density at radius 3 is 2.59 bits per heavy atom. The van der Waals surface area contributed by atoms with Crippen molar-refractivity contribution in [1.29, 1.82) is 0 Å². The standard InChI is InChI=1S/C22H27N5OS/c1-22(2,3)25-19(28)14-26-9-11-27(12-10-26)20-17-13-18(16-7-5-4-6-8-16)29-21(17)24-15-23-20/h4-8,13,15H,9-12,14H2,1-3H3,(H,25,28)/p+1. The number of benzene rings is 1. The fourth-order valence-electron chi connectivity index (χ4n) is 3.74. The summed E-state index contributed by atoms with van der Waals surface area (Å²) in [7, 11) is 0. The molecule has 3 heterocycles. The third-order valence-corrected chi connectivity index (χ3v) is 6.15. The Morgan fingerprint density at radius 1 is 1.17 bits per heavy atom. The molecule has 2 N–H and O–H groups in total. The minimum absolute atomic E-state index is 0.121. The molecule has 1 amide bonds. The van der Waals surface area contributed by atoms with Gasteiger partial charge in [0.15, 0.2) is 6.54 Å². The molecule has 0 unspecified atom stereocenters. The van der Waals surface area contributed by atoms with Gasteiger partial charge in [-0.3, -0.25) is 4.79 Å². The summed E-state index contributed by atoms with van der Waals surface area (Å²) in [4.78, 5) is 27.2. The molecule has 3 aromatic rings. The quantitative estimate of drug-likeness (QED) is 0.690. The fourth-order valence-corrected chi connectivity index (χ4v) is 4.74. The number of piperazine rings is 1. The van der Waals surface area contributed by atoms with E-state index < -0.39 is 0 Å². The highest BCUT2D eigenvalue weighted by atomic mass is 32.1. The summed E-state index contributed by atoms with van der Waals surface area (Å²) < 4.78 is 0. The largest absolute Gasteiger partial charge is 0.347 e. The molecule has 1 saturated heterocycles. The summed E-state index contributed by atoms with van der Waals surface area (Å²) in [6.45, 7) is 10.2. The van der Waals surface area contributed by atoms with Gasteiger partial charge in [-0.2, -0.15) is 0 Å². The fraction of sp³-hybridized carbons (Fsp3) is 0.409. The number of amides is 1. The highest BCUT2D eigenvalue weighted by Gasteiger charge is 2.26. The van der Waals surface area contributed by atoms with Crippen LogP contribution in [0.25, 0.3) is 20.7 Å². The summed E-state index contributed by atoms with van der Waals surface area (Å²) in [5, 5.41) is 4.18. The molecule has 1 aliphatic heterocycles. The van der Waals surface area contributed by atoms with Crippen molar-refractivity contribution in [2.24, 2.45) is 0 Å². The number of fused-ring (bicyclic) bond motifs is 1. The Hall–Kier alpha value is -2.51. The van der Waals surface area contributed by atoms with Gasteiger partial charge in [-0.1, -0.05) is 30.3 Å². The molecule has 1 fully saturated rings. The zero-order valence-electron chi connectivity index (χ0n) is 17.2.